The van der Waals surface area contributed by atoms with E-state index in [1.165, 1.54) is 0 Å². The predicted molar refractivity (Wildman–Crippen MR) is 70.3 cm³/mol. The van der Waals surface area contributed by atoms with Gasteiger partial charge < -0.3 is 10.1 Å². The Hall–Kier alpha value is -2.02. The maximum atomic E-state index is 11.2. The summed E-state index contributed by atoms with van der Waals surface area (Å²) < 4.78 is 5.61. The minimum atomic E-state index is -0.305. The molecule has 4 nitrogen and oxygen atoms in total. The summed E-state index contributed by atoms with van der Waals surface area (Å²) in [5.41, 5.74) is 0.776. The van der Waals surface area contributed by atoms with E-state index >= 15 is 0 Å². The molecule has 0 saturated carbocycles. The van der Waals surface area contributed by atoms with Crippen molar-refractivity contribution in [3.05, 3.63) is 24.3 Å². The summed E-state index contributed by atoms with van der Waals surface area (Å²) in [4.78, 5) is 11.2. The first-order valence-electron chi connectivity index (χ1n) is 5.80. The second kappa shape index (κ2) is 6.06. The first kappa shape index (κ1) is 14.0. The van der Waals surface area contributed by atoms with Crippen LogP contribution in [-0.2, 0) is 4.79 Å². The van der Waals surface area contributed by atoms with Gasteiger partial charge in [-0.2, -0.15) is 5.26 Å². The number of anilines is 1. The van der Waals surface area contributed by atoms with Crippen LogP contribution < -0.4 is 10.1 Å². The molecule has 1 rings (SSSR count). The fourth-order valence-electron chi connectivity index (χ4n) is 1.21. The Bertz CT molecular complexity index is 438. The summed E-state index contributed by atoms with van der Waals surface area (Å²) >= 11 is 0. The smallest absolute Gasteiger partial charge is 0.238 e. The molecule has 0 atom stereocenters. The lowest BCUT2D eigenvalue weighted by atomic mass is 9.99. The minimum absolute atomic E-state index is 0.111. The third kappa shape index (κ3) is 5.35. The van der Waals surface area contributed by atoms with E-state index in [-0.39, 0.29) is 17.7 Å². The molecular formula is C14H18N2O2. The molecule has 0 fully saturated rings. The molecule has 0 unspecified atom stereocenters. The number of benzene rings is 1. The fraction of sp³-hybridized carbons (Fsp3) is 0.429. The molecule has 0 bridgehead atoms. The molecule has 0 heterocycles. The minimum Gasteiger partial charge on any atom is -0.493 e. The number of hydrogen-bond donors (Lipinski definition) is 1. The quantitative estimate of drug-likeness (QED) is 0.888. The topological polar surface area (TPSA) is 62.1 Å². The summed E-state index contributed by atoms with van der Waals surface area (Å²) in [5.74, 6) is 0.462. The van der Waals surface area contributed by atoms with Crippen molar-refractivity contribution in [1.82, 2.24) is 0 Å². The SMILES string of the molecule is CC(C)(C)COc1ccc(NC(=O)CC#N)cc1. The Morgan fingerprint density at radius 2 is 1.94 bits per heavy atom. The zero-order valence-electron chi connectivity index (χ0n) is 11.0. The third-order valence-electron chi connectivity index (χ3n) is 2.05. The molecule has 0 aromatic heterocycles. The zero-order valence-corrected chi connectivity index (χ0v) is 11.0. The van der Waals surface area contributed by atoms with Crippen LogP contribution in [0.15, 0.2) is 24.3 Å². The van der Waals surface area contributed by atoms with E-state index in [1.807, 2.05) is 0 Å². The van der Waals surface area contributed by atoms with Gasteiger partial charge in [0.25, 0.3) is 0 Å². The second-order valence-electron chi connectivity index (χ2n) is 5.26. The van der Waals surface area contributed by atoms with E-state index in [2.05, 4.69) is 26.1 Å². The number of nitrogens with one attached hydrogen (secondary N) is 1. The molecule has 0 spiro atoms. The number of amides is 1. The number of nitriles is 1. The number of carbonyl (C=O) groups is 1. The van der Waals surface area contributed by atoms with Crippen molar-refractivity contribution in [2.45, 2.75) is 27.2 Å². The van der Waals surface area contributed by atoms with Crippen molar-refractivity contribution in [3.63, 3.8) is 0 Å². The molecule has 0 aliphatic carbocycles. The van der Waals surface area contributed by atoms with Crippen LogP contribution in [-0.4, -0.2) is 12.5 Å². The van der Waals surface area contributed by atoms with Crippen molar-refractivity contribution in [3.8, 4) is 11.8 Å². The highest BCUT2D eigenvalue weighted by atomic mass is 16.5. The fourth-order valence-corrected chi connectivity index (χ4v) is 1.21. The number of ether oxygens (including phenoxy) is 1. The number of nitrogens with zero attached hydrogens (tertiary/aromatic N) is 1. The summed E-state index contributed by atoms with van der Waals surface area (Å²) in [6, 6.07) is 8.91. The van der Waals surface area contributed by atoms with Gasteiger partial charge in [0, 0.05) is 5.69 Å². The highest BCUT2D eigenvalue weighted by Gasteiger charge is 2.10. The summed E-state index contributed by atoms with van der Waals surface area (Å²) in [6.07, 6.45) is -0.137. The van der Waals surface area contributed by atoms with Crippen molar-refractivity contribution in [2.75, 3.05) is 11.9 Å². The number of carbonyl (C=O) groups excluding carboxylic acids is 1. The van der Waals surface area contributed by atoms with Gasteiger partial charge in [0.15, 0.2) is 0 Å². The first-order chi connectivity index (χ1) is 8.40. The van der Waals surface area contributed by atoms with Gasteiger partial charge in [-0.05, 0) is 29.7 Å². The van der Waals surface area contributed by atoms with Gasteiger partial charge in [0.2, 0.25) is 5.91 Å². The van der Waals surface area contributed by atoms with Crippen molar-refractivity contribution < 1.29 is 9.53 Å². The Kier molecular flexibility index (Phi) is 4.73. The standard InChI is InChI=1S/C14H18N2O2/c1-14(2,3)10-18-12-6-4-11(5-7-12)16-13(17)8-9-15/h4-7H,8,10H2,1-3H3,(H,16,17). The van der Waals surface area contributed by atoms with E-state index < -0.39 is 0 Å². The molecule has 0 radical (unpaired) electrons. The molecule has 1 N–H and O–H groups in total. The van der Waals surface area contributed by atoms with Crippen LogP contribution in [0.2, 0.25) is 0 Å². The van der Waals surface area contributed by atoms with Gasteiger partial charge in [-0.15, -0.1) is 0 Å². The van der Waals surface area contributed by atoms with Gasteiger partial charge in [-0.1, -0.05) is 20.8 Å². The van der Waals surface area contributed by atoms with Gasteiger partial charge >= 0.3 is 0 Å². The third-order valence-corrected chi connectivity index (χ3v) is 2.05. The van der Waals surface area contributed by atoms with Crippen LogP contribution in [0.4, 0.5) is 5.69 Å². The lowest BCUT2D eigenvalue weighted by Gasteiger charge is -2.18. The average Bonchev–Trinajstić information content (AvgIpc) is 2.27. The van der Waals surface area contributed by atoms with Crippen LogP contribution in [0.25, 0.3) is 0 Å². The maximum absolute atomic E-state index is 11.2. The predicted octanol–water partition coefficient (Wildman–Crippen LogP) is 2.96. The molecule has 1 aromatic rings. The van der Waals surface area contributed by atoms with Crippen LogP contribution in [0, 0.1) is 16.7 Å². The summed E-state index contributed by atoms with van der Waals surface area (Å²) in [5, 5.41) is 11.0. The molecule has 0 aliphatic heterocycles. The highest BCUT2D eigenvalue weighted by Crippen LogP contribution is 2.19. The molecule has 1 aromatic carbocycles. The van der Waals surface area contributed by atoms with E-state index in [9.17, 15) is 4.79 Å². The second-order valence-corrected chi connectivity index (χ2v) is 5.26. The van der Waals surface area contributed by atoms with Gasteiger partial charge in [-0.25, -0.2) is 0 Å². The molecule has 0 saturated heterocycles. The van der Waals surface area contributed by atoms with Crippen molar-refractivity contribution in [1.29, 1.82) is 5.26 Å². The molecular weight excluding hydrogens is 228 g/mol. The number of hydrogen-bond acceptors (Lipinski definition) is 3. The van der Waals surface area contributed by atoms with Crippen LogP contribution in [0.5, 0.6) is 5.75 Å². The monoisotopic (exact) mass is 246 g/mol. The zero-order chi connectivity index (χ0) is 13.6. The van der Waals surface area contributed by atoms with Crippen LogP contribution >= 0.6 is 0 Å². The maximum Gasteiger partial charge on any atom is 0.238 e. The first-order valence-corrected chi connectivity index (χ1v) is 5.80. The molecule has 0 aliphatic rings. The van der Waals surface area contributed by atoms with Crippen molar-refractivity contribution in [2.24, 2.45) is 5.41 Å². The van der Waals surface area contributed by atoms with Crippen molar-refractivity contribution >= 4 is 11.6 Å². The Morgan fingerprint density at radius 1 is 1.33 bits per heavy atom. The summed E-state index contributed by atoms with van der Waals surface area (Å²) in [6.45, 7) is 6.93. The van der Waals surface area contributed by atoms with E-state index in [1.54, 1.807) is 30.3 Å². The molecule has 4 heteroatoms. The van der Waals surface area contributed by atoms with Gasteiger partial charge in [-0.3, -0.25) is 4.79 Å². The normalized spacial score (nSPS) is 10.6. The van der Waals surface area contributed by atoms with Crippen LogP contribution in [0.3, 0.4) is 0 Å². The average molecular weight is 246 g/mol. The lowest BCUT2D eigenvalue weighted by Crippen LogP contribution is -2.16. The van der Waals surface area contributed by atoms with E-state index in [0.717, 1.165) is 5.75 Å². The van der Waals surface area contributed by atoms with Crippen LogP contribution in [0.1, 0.15) is 27.2 Å². The summed E-state index contributed by atoms with van der Waals surface area (Å²) in [7, 11) is 0. The Morgan fingerprint density at radius 3 is 2.44 bits per heavy atom. The van der Waals surface area contributed by atoms with Gasteiger partial charge in [0.1, 0.15) is 12.2 Å². The highest BCUT2D eigenvalue weighted by molar-refractivity contribution is 5.92. The van der Waals surface area contributed by atoms with E-state index in [0.29, 0.717) is 12.3 Å². The molecule has 96 valence electrons. The number of rotatable bonds is 4. The Labute approximate surface area is 108 Å². The largest absolute Gasteiger partial charge is 0.493 e. The molecule has 1 amide bonds. The lowest BCUT2D eigenvalue weighted by molar-refractivity contribution is -0.115. The molecule has 18 heavy (non-hydrogen) atoms. The van der Waals surface area contributed by atoms with E-state index in [4.69, 9.17) is 10.00 Å². The Balaban J connectivity index is 2.53. The van der Waals surface area contributed by atoms with Gasteiger partial charge in [0.05, 0.1) is 12.7 Å².